The number of halogens is 1. The summed E-state index contributed by atoms with van der Waals surface area (Å²) < 4.78 is 12.8. The van der Waals surface area contributed by atoms with E-state index >= 15 is 0 Å². The Morgan fingerprint density at radius 1 is 1.31 bits per heavy atom. The molecule has 0 heterocycles. The molecule has 0 spiro atoms. The van der Waals surface area contributed by atoms with Crippen molar-refractivity contribution >= 4 is 5.71 Å². The predicted octanol–water partition coefficient (Wildman–Crippen LogP) is 3.77. The van der Waals surface area contributed by atoms with Gasteiger partial charge in [0.15, 0.2) is 0 Å². The molecule has 1 nitrogen and oxygen atoms in total. The molecule has 0 aromatic heterocycles. The Labute approximate surface area is 96.0 Å². The van der Waals surface area contributed by atoms with Crippen LogP contribution in [-0.4, -0.2) is 12.8 Å². The highest BCUT2D eigenvalue weighted by molar-refractivity contribution is 6.14. The van der Waals surface area contributed by atoms with Crippen molar-refractivity contribution in [1.29, 1.82) is 0 Å². The summed E-state index contributed by atoms with van der Waals surface area (Å²) in [4.78, 5) is 4.25. The summed E-state index contributed by atoms with van der Waals surface area (Å²) in [6.45, 7) is 7.79. The zero-order chi connectivity index (χ0) is 12.1. The van der Waals surface area contributed by atoms with Gasteiger partial charge in [-0.2, -0.15) is 0 Å². The van der Waals surface area contributed by atoms with Gasteiger partial charge in [0.05, 0.1) is 5.71 Å². The quantitative estimate of drug-likeness (QED) is 0.540. The van der Waals surface area contributed by atoms with Gasteiger partial charge in [0.2, 0.25) is 0 Å². The van der Waals surface area contributed by atoms with Crippen LogP contribution >= 0.6 is 0 Å². The second-order valence-electron chi connectivity index (χ2n) is 3.56. The number of rotatable bonds is 3. The standard InChI is InChI=1S/C14H16FN/c1-5-13(10(2)3)14(16-4)11-6-8-12(15)9-7-11/h5-9H,2H2,1,3-4H3/b13-5+,16-14?. The van der Waals surface area contributed by atoms with Crippen LogP contribution in [0.1, 0.15) is 19.4 Å². The Bertz CT molecular complexity index is 438. The second-order valence-corrected chi connectivity index (χ2v) is 3.56. The molecule has 16 heavy (non-hydrogen) atoms. The third-order valence-electron chi connectivity index (χ3n) is 2.34. The van der Waals surface area contributed by atoms with Gasteiger partial charge in [0, 0.05) is 12.6 Å². The van der Waals surface area contributed by atoms with E-state index in [1.54, 1.807) is 19.2 Å². The summed E-state index contributed by atoms with van der Waals surface area (Å²) in [5.41, 5.74) is 3.69. The Hall–Kier alpha value is -1.70. The number of benzene rings is 1. The maximum atomic E-state index is 12.8. The number of hydrogen-bond acceptors (Lipinski definition) is 1. The lowest BCUT2D eigenvalue weighted by Gasteiger charge is -2.10. The van der Waals surface area contributed by atoms with Crippen molar-refractivity contribution in [3.63, 3.8) is 0 Å². The molecular formula is C14H16FN. The molecule has 0 aliphatic heterocycles. The number of aliphatic imine (C=N–C) groups is 1. The number of nitrogens with zero attached hydrogens (tertiary/aromatic N) is 1. The van der Waals surface area contributed by atoms with Crippen molar-refractivity contribution in [2.75, 3.05) is 7.05 Å². The maximum Gasteiger partial charge on any atom is 0.123 e. The molecule has 1 rings (SSSR count). The highest BCUT2D eigenvalue weighted by atomic mass is 19.1. The molecule has 0 N–H and O–H groups in total. The number of hydrogen-bond donors (Lipinski definition) is 0. The Morgan fingerprint density at radius 3 is 2.25 bits per heavy atom. The summed E-state index contributed by atoms with van der Waals surface area (Å²) in [6.07, 6.45) is 1.97. The van der Waals surface area contributed by atoms with E-state index in [9.17, 15) is 4.39 Å². The molecule has 84 valence electrons. The first-order valence-electron chi connectivity index (χ1n) is 5.15. The third-order valence-corrected chi connectivity index (χ3v) is 2.34. The molecule has 0 saturated carbocycles. The molecule has 0 atom stereocenters. The van der Waals surface area contributed by atoms with E-state index < -0.39 is 0 Å². The van der Waals surface area contributed by atoms with Crippen molar-refractivity contribution in [3.8, 4) is 0 Å². The van der Waals surface area contributed by atoms with Gasteiger partial charge < -0.3 is 0 Å². The molecule has 0 amide bonds. The minimum absolute atomic E-state index is 0.239. The molecule has 0 saturated heterocycles. The summed E-state index contributed by atoms with van der Waals surface area (Å²) in [5.74, 6) is -0.239. The van der Waals surface area contributed by atoms with E-state index in [1.165, 1.54) is 12.1 Å². The highest BCUT2D eigenvalue weighted by Crippen LogP contribution is 2.16. The SMILES string of the molecule is C=C(C)/C(=C\C)C(=NC)c1ccc(F)cc1. The fourth-order valence-corrected chi connectivity index (χ4v) is 1.60. The summed E-state index contributed by atoms with van der Waals surface area (Å²) in [6, 6.07) is 6.33. The van der Waals surface area contributed by atoms with Crippen LogP contribution in [0.4, 0.5) is 4.39 Å². The zero-order valence-corrected chi connectivity index (χ0v) is 9.92. The van der Waals surface area contributed by atoms with Gasteiger partial charge in [-0.3, -0.25) is 4.99 Å². The summed E-state index contributed by atoms with van der Waals surface area (Å²) >= 11 is 0. The summed E-state index contributed by atoms with van der Waals surface area (Å²) in [5, 5.41) is 0. The van der Waals surface area contributed by atoms with Gasteiger partial charge in [0.1, 0.15) is 5.82 Å². The maximum absolute atomic E-state index is 12.8. The monoisotopic (exact) mass is 217 g/mol. The molecular weight excluding hydrogens is 201 g/mol. The van der Waals surface area contributed by atoms with E-state index in [0.717, 1.165) is 22.4 Å². The molecule has 0 unspecified atom stereocenters. The molecule has 2 heteroatoms. The molecule has 0 fully saturated rings. The third kappa shape index (κ3) is 2.66. The van der Waals surface area contributed by atoms with E-state index in [0.29, 0.717) is 0 Å². The lowest BCUT2D eigenvalue weighted by molar-refractivity contribution is 0.628. The van der Waals surface area contributed by atoms with Crippen LogP contribution in [0.25, 0.3) is 0 Å². The van der Waals surface area contributed by atoms with Crippen molar-refractivity contribution in [1.82, 2.24) is 0 Å². The van der Waals surface area contributed by atoms with Crippen molar-refractivity contribution < 1.29 is 4.39 Å². The largest absolute Gasteiger partial charge is 0.287 e. The first-order chi connectivity index (χ1) is 7.60. The molecule has 0 aliphatic rings. The van der Waals surface area contributed by atoms with Crippen LogP contribution in [0.5, 0.6) is 0 Å². The van der Waals surface area contributed by atoms with Gasteiger partial charge in [-0.25, -0.2) is 4.39 Å². The molecule has 1 aromatic rings. The van der Waals surface area contributed by atoms with Crippen LogP contribution in [0.15, 0.2) is 53.1 Å². The lowest BCUT2D eigenvalue weighted by Crippen LogP contribution is -2.06. The van der Waals surface area contributed by atoms with Crippen LogP contribution < -0.4 is 0 Å². The average Bonchev–Trinajstić information content (AvgIpc) is 2.26. The normalized spacial score (nSPS) is 12.8. The van der Waals surface area contributed by atoms with Gasteiger partial charge in [-0.1, -0.05) is 12.7 Å². The first-order valence-corrected chi connectivity index (χ1v) is 5.15. The Balaban J connectivity index is 3.19. The fraction of sp³-hybridized carbons (Fsp3) is 0.214. The van der Waals surface area contributed by atoms with Crippen LogP contribution in [-0.2, 0) is 0 Å². The van der Waals surface area contributed by atoms with Gasteiger partial charge in [0.25, 0.3) is 0 Å². The van der Waals surface area contributed by atoms with Gasteiger partial charge in [-0.15, -0.1) is 0 Å². The molecule has 0 bridgehead atoms. The minimum atomic E-state index is -0.239. The zero-order valence-electron chi connectivity index (χ0n) is 9.92. The van der Waals surface area contributed by atoms with Gasteiger partial charge in [-0.05, 0) is 49.3 Å². The minimum Gasteiger partial charge on any atom is -0.287 e. The molecule has 0 radical (unpaired) electrons. The highest BCUT2D eigenvalue weighted by Gasteiger charge is 2.08. The van der Waals surface area contributed by atoms with Crippen LogP contribution in [0.3, 0.4) is 0 Å². The van der Waals surface area contributed by atoms with E-state index in [-0.39, 0.29) is 5.82 Å². The van der Waals surface area contributed by atoms with Crippen molar-refractivity contribution in [2.45, 2.75) is 13.8 Å². The predicted molar refractivity (Wildman–Crippen MR) is 67.4 cm³/mol. The second kappa shape index (κ2) is 5.40. The van der Waals surface area contributed by atoms with Crippen molar-refractivity contribution in [3.05, 3.63) is 59.4 Å². The van der Waals surface area contributed by atoms with E-state index in [4.69, 9.17) is 0 Å². The topological polar surface area (TPSA) is 12.4 Å². The van der Waals surface area contributed by atoms with Crippen LogP contribution in [0, 0.1) is 5.82 Å². The Morgan fingerprint density at radius 2 is 1.88 bits per heavy atom. The van der Waals surface area contributed by atoms with E-state index in [2.05, 4.69) is 11.6 Å². The average molecular weight is 217 g/mol. The van der Waals surface area contributed by atoms with E-state index in [1.807, 2.05) is 19.9 Å². The Kier molecular flexibility index (Phi) is 4.18. The number of allylic oxidation sites excluding steroid dienone is 3. The molecule has 0 aliphatic carbocycles. The van der Waals surface area contributed by atoms with Crippen LogP contribution in [0.2, 0.25) is 0 Å². The smallest absolute Gasteiger partial charge is 0.123 e. The van der Waals surface area contributed by atoms with Gasteiger partial charge >= 0.3 is 0 Å². The first kappa shape index (κ1) is 12.4. The molecule has 1 aromatic carbocycles. The summed E-state index contributed by atoms with van der Waals surface area (Å²) in [7, 11) is 1.73. The fourth-order valence-electron chi connectivity index (χ4n) is 1.60. The lowest BCUT2D eigenvalue weighted by atomic mass is 9.97. The van der Waals surface area contributed by atoms with Crippen molar-refractivity contribution in [2.24, 2.45) is 4.99 Å².